The molecule has 0 saturated heterocycles. The van der Waals surface area contributed by atoms with E-state index < -0.39 is 5.97 Å². The number of hydrogen-bond acceptors (Lipinski definition) is 2. The van der Waals surface area contributed by atoms with Crippen LogP contribution < -0.4 is 4.74 Å². The highest BCUT2D eigenvalue weighted by Crippen LogP contribution is 2.41. The first-order chi connectivity index (χ1) is 9.88. The predicted octanol–water partition coefficient (Wildman–Crippen LogP) is 4.38. The van der Waals surface area contributed by atoms with E-state index in [4.69, 9.17) is 21.4 Å². The van der Waals surface area contributed by atoms with Gasteiger partial charge >= 0.3 is 5.97 Å². The Morgan fingerprint density at radius 3 is 2.67 bits per heavy atom. The van der Waals surface area contributed by atoms with Crippen molar-refractivity contribution >= 4 is 17.6 Å². The summed E-state index contributed by atoms with van der Waals surface area (Å²) in [5.41, 5.74) is 3.10. The molecule has 3 nitrogen and oxygen atoms in total. The van der Waals surface area contributed by atoms with Crippen LogP contribution >= 0.6 is 11.6 Å². The van der Waals surface area contributed by atoms with Gasteiger partial charge in [-0.15, -0.1) is 0 Å². The molecule has 0 radical (unpaired) electrons. The second-order valence-corrected chi connectivity index (χ2v) is 6.29. The van der Waals surface area contributed by atoms with Gasteiger partial charge in [-0.25, -0.2) is 4.79 Å². The van der Waals surface area contributed by atoms with E-state index in [1.54, 1.807) is 12.1 Å². The summed E-state index contributed by atoms with van der Waals surface area (Å²) in [6.07, 6.45) is 0. The van der Waals surface area contributed by atoms with Gasteiger partial charge in [0, 0.05) is 21.6 Å². The zero-order valence-corrected chi connectivity index (χ0v) is 12.6. The van der Waals surface area contributed by atoms with Gasteiger partial charge in [0.25, 0.3) is 0 Å². The molecule has 0 aliphatic carbocycles. The number of rotatable bonds is 2. The Morgan fingerprint density at radius 2 is 2.00 bits per heavy atom. The first-order valence-electron chi connectivity index (χ1n) is 6.69. The number of carboxylic acid groups (broad SMARTS) is 1. The predicted molar refractivity (Wildman–Crippen MR) is 82.4 cm³/mol. The maximum absolute atomic E-state index is 11.0. The van der Waals surface area contributed by atoms with Crippen molar-refractivity contribution in [3.8, 4) is 16.9 Å². The minimum Gasteiger partial charge on any atom is -0.492 e. The van der Waals surface area contributed by atoms with E-state index in [1.807, 2.05) is 12.1 Å². The van der Waals surface area contributed by atoms with E-state index in [-0.39, 0.29) is 11.0 Å². The molecule has 0 aromatic heterocycles. The van der Waals surface area contributed by atoms with E-state index >= 15 is 0 Å². The summed E-state index contributed by atoms with van der Waals surface area (Å²) in [6.45, 7) is 4.94. The van der Waals surface area contributed by atoms with Gasteiger partial charge in [-0.05, 0) is 29.8 Å². The lowest BCUT2D eigenvalue weighted by molar-refractivity contribution is 0.0697. The molecule has 108 valence electrons. The van der Waals surface area contributed by atoms with Gasteiger partial charge in [0.1, 0.15) is 5.75 Å². The topological polar surface area (TPSA) is 46.5 Å². The standard InChI is InChI=1S/C17H15ClO3/c1-17(2)9-21-15-6-4-10(7-13(15)17)12-5-3-11(16(19)20)8-14(12)18/h3-8H,9H2,1-2H3,(H,19,20). The van der Waals surface area contributed by atoms with Crippen molar-refractivity contribution in [1.29, 1.82) is 0 Å². The second kappa shape index (κ2) is 4.78. The highest BCUT2D eigenvalue weighted by molar-refractivity contribution is 6.33. The van der Waals surface area contributed by atoms with Crippen LogP contribution in [-0.2, 0) is 5.41 Å². The van der Waals surface area contributed by atoms with Crippen molar-refractivity contribution in [2.75, 3.05) is 6.61 Å². The lowest BCUT2D eigenvalue weighted by Crippen LogP contribution is -2.18. The molecule has 1 heterocycles. The molecule has 1 aliphatic heterocycles. The molecule has 0 amide bonds. The van der Waals surface area contributed by atoms with Gasteiger partial charge in [0.2, 0.25) is 0 Å². The molecule has 0 bridgehead atoms. The second-order valence-electron chi connectivity index (χ2n) is 5.88. The molecule has 0 spiro atoms. The van der Waals surface area contributed by atoms with Crippen molar-refractivity contribution < 1.29 is 14.6 Å². The summed E-state index contributed by atoms with van der Waals surface area (Å²) in [5.74, 6) is -0.0750. The van der Waals surface area contributed by atoms with Crippen LogP contribution in [0.4, 0.5) is 0 Å². The summed E-state index contributed by atoms with van der Waals surface area (Å²) in [5, 5.41) is 9.43. The molecule has 1 aliphatic rings. The van der Waals surface area contributed by atoms with Crippen LogP contribution in [0.2, 0.25) is 5.02 Å². The third-order valence-corrected chi connectivity index (χ3v) is 4.14. The molecular weight excluding hydrogens is 288 g/mol. The third kappa shape index (κ3) is 2.38. The number of ether oxygens (including phenoxy) is 1. The largest absolute Gasteiger partial charge is 0.492 e. The number of hydrogen-bond donors (Lipinski definition) is 1. The molecule has 21 heavy (non-hydrogen) atoms. The SMILES string of the molecule is CC1(C)COc2ccc(-c3ccc(C(=O)O)cc3Cl)cc21. The first kappa shape index (κ1) is 14.0. The van der Waals surface area contributed by atoms with Crippen LogP contribution in [0.15, 0.2) is 36.4 Å². The third-order valence-electron chi connectivity index (χ3n) is 3.82. The molecule has 2 aromatic rings. The minimum atomic E-state index is -0.980. The minimum absolute atomic E-state index is 0.0289. The van der Waals surface area contributed by atoms with Gasteiger partial charge in [0.05, 0.1) is 12.2 Å². The van der Waals surface area contributed by atoms with Gasteiger partial charge in [-0.3, -0.25) is 0 Å². The van der Waals surface area contributed by atoms with Crippen molar-refractivity contribution in [3.05, 3.63) is 52.5 Å². The van der Waals surface area contributed by atoms with Crippen molar-refractivity contribution in [2.24, 2.45) is 0 Å². The number of halogens is 1. The average molecular weight is 303 g/mol. The number of carbonyl (C=O) groups is 1. The van der Waals surface area contributed by atoms with Gasteiger partial charge in [0.15, 0.2) is 0 Å². The summed E-state index contributed by atoms with van der Waals surface area (Å²) in [6, 6.07) is 10.8. The summed E-state index contributed by atoms with van der Waals surface area (Å²) < 4.78 is 5.67. The Bertz CT molecular complexity index is 735. The van der Waals surface area contributed by atoms with E-state index in [1.165, 1.54) is 6.07 Å². The Labute approximate surface area is 128 Å². The summed E-state index contributed by atoms with van der Waals surface area (Å²) >= 11 is 6.24. The molecule has 0 atom stereocenters. The van der Waals surface area contributed by atoms with Crippen LogP contribution in [0.3, 0.4) is 0 Å². The van der Waals surface area contributed by atoms with Crippen LogP contribution in [0, 0.1) is 0 Å². The van der Waals surface area contributed by atoms with Gasteiger partial charge in [-0.1, -0.05) is 37.6 Å². The van der Waals surface area contributed by atoms with Crippen molar-refractivity contribution in [2.45, 2.75) is 19.3 Å². The molecule has 0 saturated carbocycles. The van der Waals surface area contributed by atoms with Gasteiger partial charge in [-0.2, -0.15) is 0 Å². The fraction of sp³-hybridized carbons (Fsp3) is 0.235. The molecular formula is C17H15ClO3. The maximum Gasteiger partial charge on any atom is 0.335 e. The Hall–Kier alpha value is -2.00. The average Bonchev–Trinajstić information content (AvgIpc) is 2.74. The smallest absolute Gasteiger partial charge is 0.335 e. The molecule has 3 rings (SSSR count). The maximum atomic E-state index is 11.0. The fourth-order valence-corrected chi connectivity index (χ4v) is 2.86. The molecule has 4 heteroatoms. The zero-order valence-electron chi connectivity index (χ0n) is 11.8. The van der Waals surface area contributed by atoms with Gasteiger partial charge < -0.3 is 9.84 Å². The highest BCUT2D eigenvalue weighted by atomic mass is 35.5. The van der Waals surface area contributed by atoms with Crippen LogP contribution in [0.25, 0.3) is 11.1 Å². The van der Waals surface area contributed by atoms with Crippen LogP contribution in [0.1, 0.15) is 29.8 Å². The number of benzene rings is 2. The van der Waals surface area contributed by atoms with E-state index in [0.717, 1.165) is 22.4 Å². The van der Waals surface area contributed by atoms with E-state index in [0.29, 0.717) is 11.6 Å². The Morgan fingerprint density at radius 1 is 1.24 bits per heavy atom. The van der Waals surface area contributed by atoms with Crippen LogP contribution in [0.5, 0.6) is 5.75 Å². The molecule has 0 fully saturated rings. The lowest BCUT2D eigenvalue weighted by Gasteiger charge is -2.16. The van der Waals surface area contributed by atoms with E-state index in [2.05, 4.69) is 19.9 Å². The lowest BCUT2D eigenvalue weighted by atomic mass is 9.85. The molecule has 0 unspecified atom stereocenters. The Kier molecular flexibility index (Phi) is 3.18. The molecule has 2 aromatic carbocycles. The normalized spacial score (nSPS) is 15.4. The highest BCUT2D eigenvalue weighted by Gasteiger charge is 2.31. The fourth-order valence-electron chi connectivity index (χ4n) is 2.57. The summed E-state index contributed by atoms with van der Waals surface area (Å²) in [7, 11) is 0. The summed E-state index contributed by atoms with van der Waals surface area (Å²) in [4.78, 5) is 11.0. The monoisotopic (exact) mass is 302 g/mol. The van der Waals surface area contributed by atoms with E-state index in [9.17, 15) is 4.79 Å². The van der Waals surface area contributed by atoms with Crippen molar-refractivity contribution in [1.82, 2.24) is 0 Å². The number of aromatic carboxylic acids is 1. The van der Waals surface area contributed by atoms with Crippen LogP contribution in [-0.4, -0.2) is 17.7 Å². The zero-order chi connectivity index (χ0) is 15.2. The quantitative estimate of drug-likeness (QED) is 0.895. The Balaban J connectivity index is 2.08. The number of fused-ring (bicyclic) bond motifs is 1. The molecule has 1 N–H and O–H groups in total. The number of carboxylic acids is 1. The van der Waals surface area contributed by atoms with Crippen molar-refractivity contribution in [3.63, 3.8) is 0 Å². The first-order valence-corrected chi connectivity index (χ1v) is 7.07.